The van der Waals surface area contributed by atoms with Gasteiger partial charge < -0.3 is 14.6 Å². The van der Waals surface area contributed by atoms with E-state index in [1.54, 1.807) is 0 Å². The lowest BCUT2D eigenvalue weighted by atomic mass is 9.94. The lowest BCUT2D eigenvalue weighted by Gasteiger charge is -2.25. The molecule has 0 bridgehead atoms. The van der Waals surface area contributed by atoms with Crippen molar-refractivity contribution < 1.29 is 4.42 Å². The molecule has 0 radical (unpaired) electrons. The maximum absolute atomic E-state index is 6.87. The van der Waals surface area contributed by atoms with Crippen molar-refractivity contribution >= 4 is 66.2 Å². The molecule has 242 valence electrons. The molecule has 1 aliphatic heterocycles. The maximum atomic E-state index is 6.87. The lowest BCUT2D eigenvalue weighted by molar-refractivity contribution is 0.670. The van der Waals surface area contributed by atoms with Crippen molar-refractivity contribution in [3.05, 3.63) is 193 Å². The molecule has 0 spiro atoms. The van der Waals surface area contributed by atoms with E-state index in [9.17, 15) is 0 Å². The maximum Gasteiger partial charge on any atom is 0.143 e. The van der Waals surface area contributed by atoms with E-state index in [0.717, 1.165) is 62.2 Å². The fourth-order valence-electron chi connectivity index (χ4n) is 7.99. The smallest absolute Gasteiger partial charge is 0.143 e. The second kappa shape index (κ2) is 12.1. The Labute approximate surface area is 296 Å². The molecule has 51 heavy (non-hydrogen) atoms. The molecule has 3 nitrogen and oxygen atoms in total. The molecule has 10 rings (SSSR count). The van der Waals surface area contributed by atoms with Crippen molar-refractivity contribution in [1.82, 2.24) is 5.32 Å². The topological polar surface area (TPSA) is 28.4 Å². The average Bonchev–Trinajstić information content (AvgIpc) is 3.85. The second-order valence-corrected chi connectivity index (χ2v) is 13.3. The zero-order valence-corrected chi connectivity index (χ0v) is 28.0. The van der Waals surface area contributed by atoms with Gasteiger partial charge in [0.2, 0.25) is 0 Å². The van der Waals surface area contributed by atoms with E-state index in [2.05, 4.69) is 192 Å². The molecule has 1 aliphatic rings. The van der Waals surface area contributed by atoms with Crippen molar-refractivity contribution in [3.63, 3.8) is 0 Å². The SMILES string of the molecule is C1=C(c2cccc3oc4c(-c5ccc(N(c6ccccc6)c6ccccc6)cc5)cc5ccccc5c4c23)NC(c2cccc3ccccc23)C1. The lowest BCUT2D eigenvalue weighted by Crippen LogP contribution is -2.14. The Bertz CT molecular complexity index is 2700. The number of nitrogens with one attached hydrogen (secondary N) is 1. The van der Waals surface area contributed by atoms with Gasteiger partial charge in [0.15, 0.2) is 0 Å². The van der Waals surface area contributed by atoms with Gasteiger partial charge in [-0.05, 0) is 87.6 Å². The summed E-state index contributed by atoms with van der Waals surface area (Å²) in [5, 5.41) is 11.2. The van der Waals surface area contributed by atoms with Crippen LogP contribution in [0.5, 0.6) is 0 Å². The number of rotatable bonds is 6. The van der Waals surface area contributed by atoms with Crippen molar-refractivity contribution in [2.24, 2.45) is 0 Å². The minimum atomic E-state index is 0.205. The summed E-state index contributed by atoms with van der Waals surface area (Å²) in [7, 11) is 0. The Morgan fingerprint density at radius 2 is 1.14 bits per heavy atom. The van der Waals surface area contributed by atoms with Crippen molar-refractivity contribution in [2.75, 3.05) is 4.90 Å². The molecule has 0 saturated carbocycles. The first-order valence-corrected chi connectivity index (χ1v) is 17.6. The van der Waals surface area contributed by atoms with Crippen LogP contribution in [0.1, 0.15) is 23.6 Å². The highest BCUT2D eigenvalue weighted by Gasteiger charge is 2.25. The van der Waals surface area contributed by atoms with Crippen LogP contribution in [0.25, 0.3) is 60.3 Å². The van der Waals surface area contributed by atoms with Crippen molar-refractivity contribution in [1.29, 1.82) is 0 Å². The van der Waals surface area contributed by atoms with Gasteiger partial charge in [0.25, 0.3) is 0 Å². The average molecular weight is 655 g/mol. The van der Waals surface area contributed by atoms with Gasteiger partial charge in [-0.2, -0.15) is 0 Å². The summed E-state index contributed by atoms with van der Waals surface area (Å²) < 4.78 is 6.87. The summed E-state index contributed by atoms with van der Waals surface area (Å²) in [6.07, 6.45) is 3.28. The third kappa shape index (κ3) is 4.97. The first-order valence-electron chi connectivity index (χ1n) is 17.6. The second-order valence-electron chi connectivity index (χ2n) is 13.3. The highest BCUT2D eigenvalue weighted by atomic mass is 16.3. The van der Waals surface area contributed by atoms with E-state index in [4.69, 9.17) is 4.42 Å². The minimum absolute atomic E-state index is 0.205. The van der Waals surface area contributed by atoms with Crippen molar-refractivity contribution in [2.45, 2.75) is 12.5 Å². The Morgan fingerprint density at radius 3 is 1.90 bits per heavy atom. The van der Waals surface area contributed by atoms with E-state index in [0.29, 0.717) is 0 Å². The van der Waals surface area contributed by atoms with Gasteiger partial charge in [-0.25, -0.2) is 0 Å². The molecule has 2 heterocycles. The van der Waals surface area contributed by atoms with E-state index < -0.39 is 0 Å². The van der Waals surface area contributed by atoms with E-state index in [-0.39, 0.29) is 6.04 Å². The summed E-state index contributed by atoms with van der Waals surface area (Å²) in [5.74, 6) is 0. The highest BCUT2D eigenvalue weighted by molar-refractivity contribution is 6.24. The number of benzene rings is 8. The molecule has 0 aliphatic carbocycles. The quantitative estimate of drug-likeness (QED) is 0.193. The normalized spacial score (nSPS) is 14.3. The van der Waals surface area contributed by atoms with Gasteiger partial charge >= 0.3 is 0 Å². The largest absolute Gasteiger partial charge is 0.455 e. The molecule has 9 aromatic rings. The van der Waals surface area contributed by atoms with E-state index in [1.807, 2.05) is 0 Å². The molecule has 0 saturated heterocycles. The predicted molar refractivity (Wildman–Crippen MR) is 214 cm³/mol. The third-order valence-electron chi connectivity index (χ3n) is 10.3. The summed E-state index contributed by atoms with van der Waals surface area (Å²) in [4.78, 5) is 2.29. The fourth-order valence-corrected chi connectivity index (χ4v) is 7.99. The monoisotopic (exact) mass is 654 g/mol. The molecule has 0 fully saturated rings. The van der Waals surface area contributed by atoms with Crippen LogP contribution in [0.15, 0.2) is 186 Å². The summed E-state index contributed by atoms with van der Waals surface area (Å²) >= 11 is 0. The summed E-state index contributed by atoms with van der Waals surface area (Å²) in [5.41, 5.74) is 11.0. The molecule has 3 heteroatoms. The van der Waals surface area contributed by atoms with Crippen LogP contribution in [0.2, 0.25) is 0 Å². The Hall–Kier alpha value is -6.58. The Kier molecular flexibility index (Phi) is 6.95. The van der Waals surface area contributed by atoms with Gasteiger partial charge in [0.05, 0.1) is 6.04 Å². The Balaban J connectivity index is 1.09. The molecule has 1 unspecified atom stereocenters. The van der Waals surface area contributed by atoms with Crippen molar-refractivity contribution in [3.8, 4) is 11.1 Å². The molecular formula is C48H34N2O. The number of fused-ring (bicyclic) bond motifs is 6. The summed E-state index contributed by atoms with van der Waals surface area (Å²) in [6.45, 7) is 0. The predicted octanol–water partition coefficient (Wildman–Crippen LogP) is 13.1. The van der Waals surface area contributed by atoms with Crippen LogP contribution in [-0.4, -0.2) is 0 Å². The van der Waals surface area contributed by atoms with Gasteiger partial charge in [0.1, 0.15) is 11.2 Å². The third-order valence-corrected chi connectivity index (χ3v) is 10.3. The minimum Gasteiger partial charge on any atom is -0.455 e. The number of para-hydroxylation sites is 2. The first kappa shape index (κ1) is 29.3. The molecular weight excluding hydrogens is 621 g/mol. The Morgan fingerprint density at radius 1 is 0.510 bits per heavy atom. The van der Waals surface area contributed by atoms with Gasteiger partial charge in [-0.1, -0.05) is 133 Å². The molecule has 0 amide bonds. The van der Waals surface area contributed by atoms with Crippen LogP contribution in [-0.2, 0) is 0 Å². The first-order chi connectivity index (χ1) is 25.3. The molecule has 1 atom stereocenters. The number of nitrogens with zero attached hydrogens (tertiary/aromatic N) is 1. The van der Waals surface area contributed by atoms with Gasteiger partial charge in [-0.3, -0.25) is 0 Å². The fraction of sp³-hybridized carbons (Fsp3) is 0.0417. The number of furan rings is 1. The highest BCUT2D eigenvalue weighted by Crippen LogP contribution is 2.45. The molecule has 1 N–H and O–H groups in total. The van der Waals surface area contributed by atoms with Crippen LogP contribution in [0.4, 0.5) is 17.1 Å². The van der Waals surface area contributed by atoms with Crippen LogP contribution >= 0.6 is 0 Å². The van der Waals surface area contributed by atoms with Crippen LogP contribution < -0.4 is 10.2 Å². The van der Waals surface area contributed by atoms with Crippen LogP contribution in [0.3, 0.4) is 0 Å². The molecule has 8 aromatic carbocycles. The number of hydrogen-bond donors (Lipinski definition) is 1. The standard InChI is InChI=1S/C48H34N2O/c1-3-16-35(17-4-1)50(36-18-5-2-6-19-36)37-27-25-33(26-28-37)42-31-34-14-8-10-21-39(34)47-46-41(23-12-24-45(46)51-48(42)47)44-30-29-43(49-44)40-22-11-15-32-13-7-9-20-38(32)40/h1-28,30-31,43,49H,29H2. The van der Waals surface area contributed by atoms with Gasteiger partial charge in [0, 0.05) is 44.7 Å². The number of anilines is 3. The van der Waals surface area contributed by atoms with Gasteiger partial charge in [-0.15, -0.1) is 0 Å². The zero-order chi connectivity index (χ0) is 33.7. The summed E-state index contributed by atoms with van der Waals surface area (Å²) in [6, 6.07) is 62.9. The zero-order valence-electron chi connectivity index (χ0n) is 28.0. The number of hydrogen-bond acceptors (Lipinski definition) is 3. The van der Waals surface area contributed by atoms with E-state index in [1.165, 1.54) is 32.7 Å². The molecule has 1 aromatic heterocycles. The van der Waals surface area contributed by atoms with E-state index >= 15 is 0 Å². The van der Waals surface area contributed by atoms with Crippen LogP contribution in [0, 0.1) is 0 Å².